The number of nitrogens with zero attached hydrogens (tertiary/aromatic N) is 1. The molecule has 294 valence electrons. The summed E-state index contributed by atoms with van der Waals surface area (Å²) in [4.78, 5) is 2.54. The quantitative estimate of drug-likeness (QED) is 0.162. The molecule has 0 saturated carbocycles. The molecular formula is C59H47NS. The SMILES string of the molecule is CC(C)(C)c1ccc(-c2ccc(N(c3ccc4c(c3)-c3ccccc3C4(C)C)c3ccc4ccccc4c3-c3ccc4c(c3)sc3ccccc34)c(-c3ccccc3)c2)cc1. The summed E-state index contributed by atoms with van der Waals surface area (Å²) in [6.45, 7) is 11.6. The van der Waals surface area contributed by atoms with Crippen molar-refractivity contribution in [3.8, 4) is 44.5 Å². The van der Waals surface area contributed by atoms with Crippen LogP contribution >= 0.6 is 11.3 Å². The third kappa shape index (κ3) is 6.20. The van der Waals surface area contributed by atoms with E-state index in [0.29, 0.717) is 0 Å². The zero-order chi connectivity index (χ0) is 41.5. The molecule has 0 N–H and O–H groups in total. The number of thiophene rings is 1. The zero-order valence-electron chi connectivity index (χ0n) is 35.3. The monoisotopic (exact) mass is 801 g/mol. The number of anilines is 3. The second-order valence-corrected chi connectivity index (χ2v) is 19.2. The van der Waals surface area contributed by atoms with Crippen LogP contribution < -0.4 is 4.90 Å². The lowest BCUT2D eigenvalue weighted by Crippen LogP contribution is -2.16. The molecule has 0 fully saturated rings. The molecule has 1 nitrogen and oxygen atoms in total. The van der Waals surface area contributed by atoms with Crippen LogP contribution in [0.5, 0.6) is 0 Å². The Balaban J connectivity index is 1.20. The van der Waals surface area contributed by atoms with Gasteiger partial charge in [-0.1, -0.05) is 186 Å². The maximum Gasteiger partial charge on any atom is 0.0546 e. The van der Waals surface area contributed by atoms with E-state index in [1.165, 1.54) is 92.1 Å². The molecule has 9 aromatic carbocycles. The van der Waals surface area contributed by atoms with Gasteiger partial charge >= 0.3 is 0 Å². The summed E-state index contributed by atoms with van der Waals surface area (Å²) in [6, 6.07) is 72.7. The van der Waals surface area contributed by atoms with Gasteiger partial charge in [0, 0.05) is 42.4 Å². The van der Waals surface area contributed by atoms with E-state index in [9.17, 15) is 0 Å². The molecule has 10 aromatic rings. The molecule has 0 radical (unpaired) electrons. The van der Waals surface area contributed by atoms with E-state index >= 15 is 0 Å². The zero-order valence-corrected chi connectivity index (χ0v) is 36.1. The summed E-state index contributed by atoms with van der Waals surface area (Å²) < 4.78 is 2.61. The molecule has 0 bridgehead atoms. The van der Waals surface area contributed by atoms with Crippen LogP contribution in [0.3, 0.4) is 0 Å². The van der Waals surface area contributed by atoms with Gasteiger partial charge in [0.1, 0.15) is 0 Å². The highest BCUT2D eigenvalue weighted by Gasteiger charge is 2.36. The molecule has 1 aliphatic rings. The fourth-order valence-electron chi connectivity index (χ4n) is 9.81. The molecule has 11 rings (SSSR count). The average Bonchev–Trinajstić information content (AvgIpc) is 3.77. The van der Waals surface area contributed by atoms with Gasteiger partial charge in [-0.15, -0.1) is 11.3 Å². The van der Waals surface area contributed by atoms with Gasteiger partial charge < -0.3 is 4.90 Å². The smallest absolute Gasteiger partial charge is 0.0546 e. The molecule has 0 amide bonds. The largest absolute Gasteiger partial charge is 0.309 e. The Bertz CT molecular complexity index is 3310. The average molecular weight is 802 g/mol. The second kappa shape index (κ2) is 14.2. The minimum absolute atomic E-state index is 0.0861. The molecule has 0 unspecified atom stereocenters. The van der Waals surface area contributed by atoms with E-state index in [1.807, 2.05) is 11.3 Å². The molecule has 0 spiro atoms. The van der Waals surface area contributed by atoms with E-state index < -0.39 is 0 Å². The fourth-order valence-corrected chi connectivity index (χ4v) is 11.0. The third-order valence-corrected chi connectivity index (χ3v) is 14.2. The first kappa shape index (κ1) is 37.3. The molecule has 0 atom stereocenters. The van der Waals surface area contributed by atoms with Crippen molar-refractivity contribution in [1.29, 1.82) is 0 Å². The molecule has 1 aliphatic carbocycles. The standard InChI is InChI=1S/C59H47NS/c1-58(2,3)43-28-23-38(24-29-43)41-27-33-53(49(35-41)39-15-7-6-8-16-39)60(44-30-32-52-50(37-44)46-19-11-13-21-51(46)59(52,4)5)54-34-26-40-17-9-10-18-45(40)57(54)42-25-31-48-47-20-12-14-22-55(47)61-56(48)36-42/h6-37H,1-5H3. The van der Waals surface area contributed by atoms with Crippen LogP contribution in [0.4, 0.5) is 17.1 Å². The minimum Gasteiger partial charge on any atom is -0.309 e. The van der Waals surface area contributed by atoms with Crippen molar-refractivity contribution in [2.24, 2.45) is 0 Å². The van der Waals surface area contributed by atoms with Crippen LogP contribution in [0.15, 0.2) is 194 Å². The van der Waals surface area contributed by atoms with Gasteiger partial charge in [-0.05, 0) is 109 Å². The number of hydrogen-bond donors (Lipinski definition) is 0. The molecule has 1 aromatic heterocycles. The highest BCUT2D eigenvalue weighted by Crippen LogP contribution is 2.53. The van der Waals surface area contributed by atoms with E-state index in [-0.39, 0.29) is 10.8 Å². The fraction of sp³-hybridized carbons (Fsp3) is 0.119. The van der Waals surface area contributed by atoms with Gasteiger partial charge in [0.2, 0.25) is 0 Å². The van der Waals surface area contributed by atoms with E-state index in [4.69, 9.17) is 0 Å². The predicted octanol–water partition coefficient (Wildman–Crippen LogP) is 17.3. The Morgan fingerprint density at radius 3 is 1.90 bits per heavy atom. The first-order chi connectivity index (χ1) is 29.6. The topological polar surface area (TPSA) is 3.24 Å². The number of hydrogen-bond acceptors (Lipinski definition) is 2. The number of rotatable bonds is 6. The van der Waals surface area contributed by atoms with Crippen molar-refractivity contribution >= 4 is 59.3 Å². The van der Waals surface area contributed by atoms with Crippen molar-refractivity contribution in [2.45, 2.75) is 45.4 Å². The van der Waals surface area contributed by atoms with Gasteiger partial charge in [-0.2, -0.15) is 0 Å². The summed E-state index contributed by atoms with van der Waals surface area (Å²) in [5.74, 6) is 0. The van der Waals surface area contributed by atoms with Gasteiger partial charge in [0.25, 0.3) is 0 Å². The van der Waals surface area contributed by atoms with Crippen molar-refractivity contribution in [3.05, 3.63) is 211 Å². The first-order valence-corrected chi connectivity index (χ1v) is 22.2. The third-order valence-electron chi connectivity index (χ3n) is 13.0. The van der Waals surface area contributed by atoms with Gasteiger partial charge in [0.15, 0.2) is 0 Å². The van der Waals surface area contributed by atoms with E-state index in [0.717, 1.165) is 17.1 Å². The summed E-state index contributed by atoms with van der Waals surface area (Å²) in [7, 11) is 0. The van der Waals surface area contributed by atoms with E-state index in [1.54, 1.807) is 0 Å². The molecule has 2 heteroatoms. The molecule has 61 heavy (non-hydrogen) atoms. The lowest BCUT2D eigenvalue weighted by Gasteiger charge is -2.32. The van der Waals surface area contributed by atoms with Crippen molar-refractivity contribution in [1.82, 2.24) is 0 Å². The van der Waals surface area contributed by atoms with Crippen molar-refractivity contribution in [3.63, 3.8) is 0 Å². The summed E-state index contributed by atoms with van der Waals surface area (Å²) in [5.41, 5.74) is 17.3. The molecule has 0 saturated heterocycles. The number of benzene rings is 9. The summed E-state index contributed by atoms with van der Waals surface area (Å²) in [5, 5.41) is 5.07. The Labute approximate surface area is 363 Å². The highest BCUT2D eigenvalue weighted by atomic mass is 32.1. The van der Waals surface area contributed by atoms with Crippen LogP contribution in [-0.2, 0) is 10.8 Å². The Morgan fingerprint density at radius 2 is 1.08 bits per heavy atom. The van der Waals surface area contributed by atoms with Gasteiger partial charge in [-0.25, -0.2) is 0 Å². The Kier molecular flexibility index (Phi) is 8.67. The predicted molar refractivity (Wildman–Crippen MR) is 264 cm³/mol. The minimum atomic E-state index is -0.0948. The maximum atomic E-state index is 2.54. The van der Waals surface area contributed by atoms with Gasteiger partial charge in [0.05, 0.1) is 11.4 Å². The normalized spacial score (nSPS) is 13.1. The second-order valence-electron chi connectivity index (χ2n) is 18.2. The van der Waals surface area contributed by atoms with Crippen LogP contribution in [0.2, 0.25) is 0 Å². The van der Waals surface area contributed by atoms with Crippen molar-refractivity contribution < 1.29 is 0 Å². The van der Waals surface area contributed by atoms with E-state index in [2.05, 4.69) is 234 Å². The number of fused-ring (bicyclic) bond motifs is 7. The molecule has 0 aliphatic heterocycles. The van der Waals surface area contributed by atoms with Crippen LogP contribution in [0.25, 0.3) is 75.5 Å². The van der Waals surface area contributed by atoms with Crippen LogP contribution in [0.1, 0.15) is 51.3 Å². The highest BCUT2D eigenvalue weighted by molar-refractivity contribution is 7.25. The summed E-state index contributed by atoms with van der Waals surface area (Å²) >= 11 is 1.88. The summed E-state index contributed by atoms with van der Waals surface area (Å²) in [6.07, 6.45) is 0. The van der Waals surface area contributed by atoms with Crippen LogP contribution in [0, 0.1) is 0 Å². The van der Waals surface area contributed by atoms with Gasteiger partial charge in [-0.3, -0.25) is 0 Å². The maximum absolute atomic E-state index is 2.54. The Hall–Kier alpha value is -6.74. The molecular weight excluding hydrogens is 755 g/mol. The lowest BCUT2D eigenvalue weighted by atomic mass is 9.82. The van der Waals surface area contributed by atoms with Crippen molar-refractivity contribution in [2.75, 3.05) is 4.90 Å². The first-order valence-electron chi connectivity index (χ1n) is 21.4. The van der Waals surface area contributed by atoms with Crippen LogP contribution in [-0.4, -0.2) is 0 Å². The lowest BCUT2D eigenvalue weighted by molar-refractivity contribution is 0.590. The molecule has 1 heterocycles. The Morgan fingerprint density at radius 1 is 0.426 bits per heavy atom.